The molecule has 0 heterocycles. The van der Waals surface area contributed by atoms with E-state index in [4.69, 9.17) is 37.9 Å². The third-order valence-electron chi connectivity index (χ3n) is 3.82. The van der Waals surface area contributed by atoms with Gasteiger partial charge in [-0.05, 0) is 12.8 Å². The molecule has 0 aliphatic carbocycles. The smallest absolute Gasteiger partial charge is 0.332 e. The van der Waals surface area contributed by atoms with E-state index in [1.807, 2.05) is 13.8 Å². The molecule has 10 nitrogen and oxygen atoms in total. The summed E-state index contributed by atoms with van der Waals surface area (Å²) in [7, 11) is 0. The van der Waals surface area contributed by atoms with E-state index in [-0.39, 0.29) is 25.2 Å². The van der Waals surface area contributed by atoms with Crippen LogP contribution in [-0.4, -0.2) is 104 Å². The first-order chi connectivity index (χ1) is 15.7. The second-order valence-electron chi connectivity index (χ2n) is 6.70. The van der Waals surface area contributed by atoms with Crippen LogP contribution >= 0.6 is 0 Å². The number of carbonyl (C=O) groups is 2. The van der Waals surface area contributed by atoms with Crippen LogP contribution in [0.2, 0.25) is 0 Å². The maximum absolute atomic E-state index is 11.3. The quantitative estimate of drug-likeness (QED) is 0.146. The van der Waals surface area contributed by atoms with Gasteiger partial charge in [0, 0.05) is 0 Å². The molecular weight excluding hydrogens is 424 g/mol. The fraction of sp³-hybridized carbons (Fsp3) is 0.909. The summed E-state index contributed by atoms with van der Waals surface area (Å²) in [5.74, 6) is -0.694. The van der Waals surface area contributed by atoms with Gasteiger partial charge in [-0.3, -0.25) is 0 Å². The fourth-order valence-corrected chi connectivity index (χ4v) is 2.05. The van der Waals surface area contributed by atoms with Crippen LogP contribution < -0.4 is 0 Å². The first-order valence-corrected chi connectivity index (χ1v) is 11.5. The second kappa shape index (κ2) is 26.0. The molecule has 0 N–H and O–H groups in total. The molecule has 0 aromatic carbocycles. The van der Waals surface area contributed by atoms with Crippen LogP contribution in [0.1, 0.15) is 39.5 Å². The van der Waals surface area contributed by atoms with Crippen LogP contribution in [0.5, 0.6) is 0 Å². The van der Waals surface area contributed by atoms with Crippen LogP contribution in [-0.2, 0) is 47.5 Å². The molecule has 0 unspecified atom stereocenters. The molecule has 0 fully saturated rings. The number of hydrogen-bond acceptors (Lipinski definition) is 10. The number of esters is 2. The van der Waals surface area contributed by atoms with Gasteiger partial charge in [0.1, 0.15) is 13.2 Å². The molecule has 0 aromatic rings. The van der Waals surface area contributed by atoms with E-state index in [0.29, 0.717) is 79.3 Å². The van der Waals surface area contributed by atoms with Gasteiger partial charge in [-0.25, -0.2) is 9.59 Å². The van der Waals surface area contributed by atoms with Gasteiger partial charge in [0.15, 0.2) is 0 Å². The lowest BCUT2D eigenvalue weighted by atomic mass is 10.4. The maximum atomic E-state index is 11.3. The van der Waals surface area contributed by atoms with Gasteiger partial charge in [0.25, 0.3) is 0 Å². The molecule has 0 spiro atoms. The highest BCUT2D eigenvalue weighted by Crippen LogP contribution is 1.91. The Kier molecular flexibility index (Phi) is 24.9. The number of carbonyl (C=O) groups excluding carboxylic acids is 2. The van der Waals surface area contributed by atoms with Crippen molar-refractivity contribution in [3.05, 3.63) is 0 Å². The Bertz CT molecular complexity index is 382. The molecule has 0 aromatic heterocycles. The molecule has 190 valence electrons. The lowest BCUT2D eigenvalue weighted by Crippen LogP contribution is -2.17. The summed E-state index contributed by atoms with van der Waals surface area (Å²) in [6.07, 6.45) is 3.70. The first kappa shape index (κ1) is 30.7. The van der Waals surface area contributed by atoms with Gasteiger partial charge >= 0.3 is 11.9 Å². The van der Waals surface area contributed by atoms with Crippen molar-refractivity contribution in [1.29, 1.82) is 0 Å². The highest BCUT2D eigenvalue weighted by Gasteiger charge is 2.03. The molecule has 0 radical (unpaired) electrons. The summed E-state index contributed by atoms with van der Waals surface area (Å²) in [5.41, 5.74) is 0. The van der Waals surface area contributed by atoms with Crippen molar-refractivity contribution >= 4 is 11.9 Å². The zero-order chi connectivity index (χ0) is 23.5. The van der Waals surface area contributed by atoms with E-state index < -0.39 is 0 Å². The van der Waals surface area contributed by atoms with Crippen LogP contribution in [0, 0.1) is 0 Å². The second-order valence-corrected chi connectivity index (χ2v) is 6.70. The lowest BCUT2D eigenvalue weighted by Gasteiger charge is -2.08. The largest absolute Gasteiger partial charge is 0.464 e. The van der Waals surface area contributed by atoms with E-state index in [1.165, 1.54) is 0 Å². The Hall–Kier alpha value is -1.30. The van der Waals surface area contributed by atoms with E-state index in [0.717, 1.165) is 25.7 Å². The number of rotatable bonds is 25. The molecule has 32 heavy (non-hydrogen) atoms. The van der Waals surface area contributed by atoms with Crippen LogP contribution in [0.15, 0.2) is 0 Å². The molecule has 0 aliphatic rings. The standard InChI is InChI=1S/C22H42O10/c1-3-5-7-31-21(23)19-29-17-15-27-13-11-25-9-10-26-12-14-28-16-18-30-20-22(24)32-8-6-4-2/h3-20H2,1-2H3. The zero-order valence-electron chi connectivity index (χ0n) is 19.8. The molecule has 0 atom stereocenters. The Morgan fingerprint density at radius 3 is 1.00 bits per heavy atom. The van der Waals surface area contributed by atoms with Crippen molar-refractivity contribution in [1.82, 2.24) is 0 Å². The molecule has 0 saturated carbocycles. The van der Waals surface area contributed by atoms with Gasteiger partial charge < -0.3 is 37.9 Å². The topological polar surface area (TPSA) is 108 Å². The average Bonchev–Trinajstić information content (AvgIpc) is 2.78. The minimum Gasteiger partial charge on any atom is -0.464 e. The predicted molar refractivity (Wildman–Crippen MR) is 117 cm³/mol. The Labute approximate surface area is 192 Å². The van der Waals surface area contributed by atoms with E-state index in [1.54, 1.807) is 0 Å². The summed E-state index contributed by atoms with van der Waals surface area (Å²) >= 11 is 0. The summed E-state index contributed by atoms with van der Waals surface area (Å²) in [4.78, 5) is 22.6. The number of unbranched alkanes of at least 4 members (excludes halogenated alkanes) is 2. The Balaban J connectivity index is 3.13. The molecule has 0 aliphatic heterocycles. The van der Waals surface area contributed by atoms with Crippen molar-refractivity contribution in [3.8, 4) is 0 Å². The van der Waals surface area contributed by atoms with E-state index >= 15 is 0 Å². The third-order valence-corrected chi connectivity index (χ3v) is 3.82. The number of ether oxygens (including phenoxy) is 8. The summed E-state index contributed by atoms with van der Waals surface area (Å²) < 4.78 is 41.7. The van der Waals surface area contributed by atoms with E-state index in [2.05, 4.69) is 0 Å². The van der Waals surface area contributed by atoms with Gasteiger partial charge in [-0.1, -0.05) is 26.7 Å². The normalized spacial score (nSPS) is 10.9. The minimum atomic E-state index is -0.347. The molecule has 0 saturated heterocycles. The molecule has 0 bridgehead atoms. The molecule has 0 rings (SSSR count). The van der Waals surface area contributed by atoms with Crippen LogP contribution in [0.4, 0.5) is 0 Å². The Morgan fingerprint density at radius 1 is 0.438 bits per heavy atom. The van der Waals surface area contributed by atoms with E-state index in [9.17, 15) is 9.59 Å². The van der Waals surface area contributed by atoms with Crippen LogP contribution in [0.25, 0.3) is 0 Å². The average molecular weight is 467 g/mol. The van der Waals surface area contributed by atoms with Crippen molar-refractivity contribution in [2.45, 2.75) is 39.5 Å². The predicted octanol–water partition coefficient (Wildman–Crippen LogP) is 1.77. The highest BCUT2D eigenvalue weighted by atomic mass is 16.6. The minimum absolute atomic E-state index is 0.0502. The summed E-state index contributed by atoms with van der Waals surface area (Å²) in [6, 6.07) is 0. The monoisotopic (exact) mass is 466 g/mol. The highest BCUT2D eigenvalue weighted by molar-refractivity contribution is 5.70. The zero-order valence-corrected chi connectivity index (χ0v) is 19.8. The maximum Gasteiger partial charge on any atom is 0.332 e. The van der Waals surface area contributed by atoms with Crippen molar-refractivity contribution in [3.63, 3.8) is 0 Å². The number of hydrogen-bond donors (Lipinski definition) is 0. The van der Waals surface area contributed by atoms with Gasteiger partial charge in [0.05, 0.1) is 79.3 Å². The van der Waals surface area contributed by atoms with Crippen molar-refractivity contribution in [2.75, 3.05) is 92.5 Å². The van der Waals surface area contributed by atoms with Crippen molar-refractivity contribution in [2.24, 2.45) is 0 Å². The SMILES string of the molecule is CCCCOC(=O)COCCOCCOCCOCCOCCOCC(=O)OCCCC. The fourth-order valence-electron chi connectivity index (χ4n) is 2.05. The third kappa shape index (κ3) is 25.0. The summed E-state index contributed by atoms with van der Waals surface area (Å²) in [5, 5.41) is 0. The van der Waals surface area contributed by atoms with Gasteiger partial charge in [-0.2, -0.15) is 0 Å². The van der Waals surface area contributed by atoms with Gasteiger partial charge in [0.2, 0.25) is 0 Å². The summed E-state index contributed by atoms with van der Waals surface area (Å²) in [6.45, 7) is 9.03. The van der Waals surface area contributed by atoms with Crippen molar-refractivity contribution < 1.29 is 47.5 Å². The lowest BCUT2D eigenvalue weighted by molar-refractivity contribution is -0.150. The molecule has 10 heteroatoms. The van der Waals surface area contributed by atoms with Crippen LogP contribution in [0.3, 0.4) is 0 Å². The Morgan fingerprint density at radius 2 is 0.719 bits per heavy atom. The van der Waals surface area contributed by atoms with Gasteiger partial charge in [-0.15, -0.1) is 0 Å². The first-order valence-electron chi connectivity index (χ1n) is 11.5. The molecular formula is C22H42O10. The molecule has 0 amide bonds.